The van der Waals surface area contributed by atoms with E-state index in [0.717, 1.165) is 11.1 Å². The second kappa shape index (κ2) is 6.97. The van der Waals surface area contributed by atoms with Gasteiger partial charge in [-0.3, -0.25) is 0 Å². The van der Waals surface area contributed by atoms with Crippen molar-refractivity contribution in [1.82, 2.24) is 5.32 Å². The fourth-order valence-corrected chi connectivity index (χ4v) is 2.87. The maximum atomic E-state index is 13.7. The molecule has 2 nitrogen and oxygen atoms in total. The first-order chi connectivity index (χ1) is 9.97. The molecule has 2 aromatic rings. The Balaban J connectivity index is 2.50. The smallest absolute Gasteiger partial charge is 0.138 e. The Morgan fingerprint density at radius 3 is 2.48 bits per heavy atom. The van der Waals surface area contributed by atoms with Gasteiger partial charge in [0, 0.05) is 11.1 Å². The van der Waals surface area contributed by atoms with Crippen LogP contribution in [0.1, 0.15) is 17.2 Å². The zero-order valence-electron chi connectivity index (χ0n) is 11.4. The molecule has 0 fully saturated rings. The first kappa shape index (κ1) is 16.6. The second-order valence-corrected chi connectivity index (χ2v) is 6.07. The van der Waals surface area contributed by atoms with Gasteiger partial charge >= 0.3 is 0 Å². The summed E-state index contributed by atoms with van der Waals surface area (Å²) in [5.74, 6) is 0.172. The van der Waals surface area contributed by atoms with Crippen molar-refractivity contribution in [2.75, 3.05) is 14.2 Å². The molecule has 0 amide bonds. The van der Waals surface area contributed by atoms with Gasteiger partial charge < -0.3 is 10.1 Å². The van der Waals surface area contributed by atoms with E-state index in [1.54, 1.807) is 25.2 Å². The van der Waals surface area contributed by atoms with Gasteiger partial charge in [-0.15, -0.1) is 0 Å². The maximum Gasteiger partial charge on any atom is 0.138 e. The average Bonchev–Trinajstić information content (AvgIpc) is 2.46. The molecular weight excluding hydrogens is 380 g/mol. The molecule has 0 radical (unpaired) electrons. The molecule has 6 heteroatoms. The number of methoxy groups -OCH3 is 1. The monoisotopic (exact) mass is 391 g/mol. The topological polar surface area (TPSA) is 21.3 Å². The Bertz CT molecular complexity index is 666. The van der Waals surface area contributed by atoms with E-state index in [-0.39, 0.29) is 11.9 Å². The van der Waals surface area contributed by atoms with Crippen LogP contribution in [-0.2, 0) is 0 Å². The predicted molar refractivity (Wildman–Crippen MR) is 88.0 cm³/mol. The van der Waals surface area contributed by atoms with Crippen molar-refractivity contribution in [2.45, 2.75) is 6.04 Å². The van der Waals surface area contributed by atoms with Crippen LogP contribution in [0.4, 0.5) is 4.39 Å². The van der Waals surface area contributed by atoms with Gasteiger partial charge in [-0.05, 0) is 52.3 Å². The van der Waals surface area contributed by atoms with Gasteiger partial charge in [-0.25, -0.2) is 4.39 Å². The van der Waals surface area contributed by atoms with E-state index >= 15 is 0 Å². The quantitative estimate of drug-likeness (QED) is 0.770. The highest BCUT2D eigenvalue weighted by Crippen LogP contribution is 2.36. The molecule has 1 atom stereocenters. The molecule has 21 heavy (non-hydrogen) atoms. The maximum absolute atomic E-state index is 13.7. The molecule has 1 unspecified atom stereocenters. The van der Waals surface area contributed by atoms with Gasteiger partial charge in [-0.2, -0.15) is 0 Å². The molecule has 0 aromatic heterocycles. The van der Waals surface area contributed by atoms with E-state index in [0.29, 0.717) is 20.3 Å². The number of rotatable bonds is 4. The minimum atomic E-state index is -0.330. The first-order valence-corrected chi connectivity index (χ1v) is 7.68. The minimum Gasteiger partial charge on any atom is -0.495 e. The third-order valence-corrected chi connectivity index (χ3v) is 4.41. The third kappa shape index (κ3) is 3.51. The number of halogens is 4. The average molecular weight is 393 g/mol. The molecule has 0 aliphatic carbocycles. The minimum absolute atomic E-state index is 0.275. The zero-order chi connectivity index (χ0) is 15.6. The number of benzene rings is 2. The summed E-state index contributed by atoms with van der Waals surface area (Å²) in [4.78, 5) is 0. The van der Waals surface area contributed by atoms with Crippen molar-refractivity contribution >= 4 is 39.1 Å². The Labute approximate surface area is 141 Å². The first-order valence-electron chi connectivity index (χ1n) is 6.13. The summed E-state index contributed by atoms with van der Waals surface area (Å²) >= 11 is 15.6. The number of hydrogen-bond acceptors (Lipinski definition) is 2. The Hall–Kier alpha value is -0.810. The molecule has 0 saturated carbocycles. The molecule has 2 rings (SSSR count). The van der Waals surface area contributed by atoms with Crippen LogP contribution in [0.3, 0.4) is 0 Å². The SMILES string of the molecule is CNC(c1ccc(Br)c(F)c1)c1cc(Cl)c(OC)cc1Cl. The molecule has 112 valence electrons. The second-order valence-electron chi connectivity index (χ2n) is 4.40. The van der Waals surface area contributed by atoms with Crippen LogP contribution in [0.15, 0.2) is 34.8 Å². The van der Waals surface area contributed by atoms with Crippen molar-refractivity contribution in [2.24, 2.45) is 0 Å². The van der Waals surface area contributed by atoms with Crippen molar-refractivity contribution in [3.8, 4) is 5.75 Å². The Morgan fingerprint density at radius 2 is 1.90 bits per heavy atom. The highest BCUT2D eigenvalue weighted by Gasteiger charge is 2.19. The van der Waals surface area contributed by atoms with E-state index < -0.39 is 0 Å². The number of ether oxygens (including phenoxy) is 1. The zero-order valence-corrected chi connectivity index (χ0v) is 14.5. The van der Waals surface area contributed by atoms with Gasteiger partial charge in [0.2, 0.25) is 0 Å². The Kier molecular flexibility index (Phi) is 5.49. The van der Waals surface area contributed by atoms with Gasteiger partial charge in [0.05, 0.1) is 22.6 Å². The summed E-state index contributed by atoms with van der Waals surface area (Å²) in [5.41, 5.74) is 1.51. The highest BCUT2D eigenvalue weighted by atomic mass is 79.9. The summed E-state index contributed by atoms with van der Waals surface area (Å²) < 4.78 is 19.3. The van der Waals surface area contributed by atoms with Crippen LogP contribution in [0.2, 0.25) is 10.0 Å². The lowest BCUT2D eigenvalue weighted by Crippen LogP contribution is -2.18. The van der Waals surface area contributed by atoms with Crippen LogP contribution in [-0.4, -0.2) is 14.2 Å². The highest BCUT2D eigenvalue weighted by molar-refractivity contribution is 9.10. The van der Waals surface area contributed by atoms with Crippen molar-refractivity contribution in [1.29, 1.82) is 0 Å². The van der Waals surface area contributed by atoms with Crippen molar-refractivity contribution in [3.63, 3.8) is 0 Å². The molecule has 0 saturated heterocycles. The third-order valence-electron chi connectivity index (χ3n) is 3.15. The summed E-state index contributed by atoms with van der Waals surface area (Å²) in [7, 11) is 3.30. The van der Waals surface area contributed by atoms with Crippen LogP contribution in [0.25, 0.3) is 0 Å². The van der Waals surface area contributed by atoms with E-state index in [2.05, 4.69) is 21.2 Å². The fourth-order valence-electron chi connectivity index (χ4n) is 2.12. The largest absolute Gasteiger partial charge is 0.495 e. The van der Waals surface area contributed by atoms with E-state index in [4.69, 9.17) is 27.9 Å². The lowest BCUT2D eigenvalue weighted by molar-refractivity contribution is 0.415. The molecule has 0 spiro atoms. The summed E-state index contributed by atoms with van der Waals surface area (Å²) in [5, 5.41) is 4.07. The van der Waals surface area contributed by atoms with Crippen LogP contribution < -0.4 is 10.1 Å². The Morgan fingerprint density at radius 1 is 1.19 bits per heavy atom. The van der Waals surface area contributed by atoms with Crippen LogP contribution >= 0.6 is 39.1 Å². The number of hydrogen-bond donors (Lipinski definition) is 1. The van der Waals surface area contributed by atoms with Crippen molar-refractivity contribution < 1.29 is 9.13 Å². The van der Waals surface area contributed by atoms with E-state index in [1.165, 1.54) is 13.2 Å². The lowest BCUT2D eigenvalue weighted by atomic mass is 9.98. The molecular formula is C15H13BrCl2FNO. The van der Waals surface area contributed by atoms with E-state index in [9.17, 15) is 4.39 Å². The predicted octanol–water partition coefficient (Wildman–Crippen LogP) is 5.21. The molecule has 0 bridgehead atoms. The number of nitrogens with one attached hydrogen (secondary N) is 1. The van der Waals surface area contributed by atoms with Crippen LogP contribution in [0, 0.1) is 5.82 Å². The molecule has 1 N–H and O–H groups in total. The van der Waals surface area contributed by atoms with E-state index in [1.807, 2.05) is 6.07 Å². The van der Waals surface area contributed by atoms with Crippen molar-refractivity contribution in [3.05, 3.63) is 61.8 Å². The molecule has 0 aliphatic heterocycles. The normalized spacial score (nSPS) is 12.3. The summed E-state index contributed by atoms with van der Waals surface area (Å²) in [6.45, 7) is 0. The summed E-state index contributed by atoms with van der Waals surface area (Å²) in [6.07, 6.45) is 0. The lowest BCUT2D eigenvalue weighted by Gasteiger charge is -2.20. The molecule has 0 aliphatic rings. The summed E-state index contributed by atoms with van der Waals surface area (Å²) in [6, 6.07) is 8.04. The van der Waals surface area contributed by atoms with Crippen LogP contribution in [0.5, 0.6) is 5.75 Å². The van der Waals surface area contributed by atoms with Gasteiger partial charge in [-0.1, -0.05) is 29.3 Å². The standard InChI is InChI=1S/C15H13BrCl2FNO/c1-20-15(8-3-4-10(16)13(19)5-8)9-6-12(18)14(21-2)7-11(9)17/h3-7,15,20H,1-2H3. The molecule has 2 aromatic carbocycles. The fraction of sp³-hybridized carbons (Fsp3) is 0.200. The van der Waals surface area contributed by atoms with Gasteiger partial charge in [0.25, 0.3) is 0 Å². The molecule has 0 heterocycles. The van der Waals surface area contributed by atoms with Gasteiger partial charge in [0.1, 0.15) is 11.6 Å². The van der Waals surface area contributed by atoms with Gasteiger partial charge in [0.15, 0.2) is 0 Å².